The minimum Gasteiger partial charge on any atom is -0.467 e. The number of amides is 1. The summed E-state index contributed by atoms with van der Waals surface area (Å²) in [6.07, 6.45) is 3.05. The van der Waals surface area contributed by atoms with Crippen molar-refractivity contribution in [1.29, 1.82) is 0 Å². The van der Waals surface area contributed by atoms with Gasteiger partial charge in [-0.15, -0.1) is 0 Å². The Kier molecular flexibility index (Phi) is 6.16. The fourth-order valence-electron chi connectivity index (χ4n) is 1.78. The maximum Gasteiger partial charge on any atom is 0.239 e. The lowest BCUT2D eigenvalue weighted by molar-refractivity contribution is -0.120. The molecule has 2 heterocycles. The number of hydrogen-bond donors (Lipinski definition) is 3. The maximum atomic E-state index is 11.8. The molecule has 0 aliphatic rings. The highest BCUT2D eigenvalue weighted by molar-refractivity contribution is 5.86. The average molecular weight is 319 g/mol. The first-order chi connectivity index (χ1) is 11.2. The van der Waals surface area contributed by atoms with Crippen molar-refractivity contribution in [2.75, 3.05) is 13.1 Å². The van der Waals surface area contributed by atoms with E-state index >= 15 is 0 Å². The molecule has 23 heavy (non-hydrogen) atoms. The number of carbonyl (C=O) groups is 1. The normalized spacial score (nSPS) is 11.3. The van der Waals surface area contributed by atoms with Gasteiger partial charge in [0.2, 0.25) is 5.91 Å². The van der Waals surface area contributed by atoms with Crippen LogP contribution in [0.4, 0.5) is 0 Å². The Morgan fingerprint density at radius 1 is 1.39 bits per heavy atom. The number of aryl methyl sites for hydroxylation is 1. The molecule has 0 fully saturated rings. The molecule has 124 valence electrons. The van der Waals surface area contributed by atoms with E-state index in [1.165, 1.54) is 6.33 Å². The second-order valence-electron chi connectivity index (χ2n) is 4.70. The third-order valence-corrected chi connectivity index (χ3v) is 2.98. The Morgan fingerprint density at radius 3 is 2.91 bits per heavy atom. The molecule has 2 rings (SSSR count). The van der Waals surface area contributed by atoms with Crippen molar-refractivity contribution in [3.05, 3.63) is 36.3 Å². The quantitative estimate of drug-likeness (QED) is 0.481. The molecule has 9 nitrogen and oxygen atoms in total. The lowest BCUT2D eigenvalue weighted by Crippen LogP contribution is -2.43. The fourth-order valence-corrected chi connectivity index (χ4v) is 1.78. The third kappa shape index (κ3) is 5.46. The molecule has 0 atom stereocenters. The number of nitrogens with zero attached hydrogens (tertiary/aromatic N) is 4. The van der Waals surface area contributed by atoms with Crippen LogP contribution in [0.2, 0.25) is 0 Å². The monoisotopic (exact) mass is 319 g/mol. The number of rotatable bonds is 7. The van der Waals surface area contributed by atoms with Gasteiger partial charge < -0.3 is 20.4 Å². The highest BCUT2D eigenvalue weighted by Gasteiger charge is 2.05. The standard InChI is InChI=1S/C14H21N7O2/c1-3-15-14(17-8-12-19-10-20-21(12)2)18-9-13(22)16-7-11-5-4-6-23-11/h4-6,10H,3,7-9H2,1-2H3,(H,16,22)(H2,15,17,18). The van der Waals surface area contributed by atoms with E-state index in [1.54, 1.807) is 30.1 Å². The fraction of sp³-hybridized carbons (Fsp3) is 0.429. The van der Waals surface area contributed by atoms with E-state index in [0.717, 1.165) is 5.82 Å². The Hall–Kier alpha value is -2.84. The summed E-state index contributed by atoms with van der Waals surface area (Å²) >= 11 is 0. The second-order valence-corrected chi connectivity index (χ2v) is 4.70. The van der Waals surface area contributed by atoms with Crippen LogP contribution in [-0.2, 0) is 24.9 Å². The molecule has 0 aliphatic carbocycles. The van der Waals surface area contributed by atoms with E-state index in [-0.39, 0.29) is 12.5 Å². The SMILES string of the molecule is CCNC(=NCc1ncnn1C)NCC(=O)NCc1ccco1. The van der Waals surface area contributed by atoms with Gasteiger partial charge >= 0.3 is 0 Å². The first-order valence-electron chi connectivity index (χ1n) is 7.33. The van der Waals surface area contributed by atoms with Crippen LogP contribution in [0.5, 0.6) is 0 Å². The molecule has 3 N–H and O–H groups in total. The largest absolute Gasteiger partial charge is 0.467 e. The Labute approximate surface area is 134 Å². The van der Waals surface area contributed by atoms with E-state index in [1.807, 2.05) is 6.92 Å². The molecule has 0 bridgehead atoms. The number of aliphatic imine (C=N–C) groups is 1. The molecule has 0 aromatic carbocycles. The summed E-state index contributed by atoms with van der Waals surface area (Å²) in [4.78, 5) is 20.3. The van der Waals surface area contributed by atoms with Crippen LogP contribution < -0.4 is 16.0 Å². The summed E-state index contributed by atoms with van der Waals surface area (Å²) in [5.41, 5.74) is 0. The van der Waals surface area contributed by atoms with Crippen molar-refractivity contribution < 1.29 is 9.21 Å². The van der Waals surface area contributed by atoms with Crippen LogP contribution in [0.3, 0.4) is 0 Å². The summed E-state index contributed by atoms with van der Waals surface area (Å²) in [5.74, 6) is 1.85. The topological polar surface area (TPSA) is 109 Å². The molecule has 2 aromatic rings. The van der Waals surface area contributed by atoms with Gasteiger partial charge in [0.05, 0.1) is 19.4 Å². The zero-order chi connectivity index (χ0) is 16.5. The Balaban J connectivity index is 1.79. The summed E-state index contributed by atoms with van der Waals surface area (Å²) in [5, 5.41) is 12.8. The first kappa shape index (κ1) is 16.5. The molecule has 9 heteroatoms. The van der Waals surface area contributed by atoms with Gasteiger partial charge in [0.25, 0.3) is 0 Å². The van der Waals surface area contributed by atoms with Gasteiger partial charge in [-0.25, -0.2) is 9.98 Å². The van der Waals surface area contributed by atoms with Crippen molar-refractivity contribution in [3.63, 3.8) is 0 Å². The molecular weight excluding hydrogens is 298 g/mol. The predicted molar refractivity (Wildman–Crippen MR) is 84.4 cm³/mol. The van der Waals surface area contributed by atoms with Crippen molar-refractivity contribution in [2.24, 2.45) is 12.0 Å². The van der Waals surface area contributed by atoms with Gasteiger partial charge in [0.1, 0.15) is 24.5 Å². The summed E-state index contributed by atoms with van der Waals surface area (Å²) < 4.78 is 6.81. The minimum atomic E-state index is -0.148. The number of aromatic nitrogens is 3. The first-order valence-corrected chi connectivity index (χ1v) is 7.33. The highest BCUT2D eigenvalue weighted by atomic mass is 16.3. The van der Waals surface area contributed by atoms with Gasteiger partial charge in [-0.3, -0.25) is 9.48 Å². The number of furan rings is 1. The summed E-state index contributed by atoms with van der Waals surface area (Å²) in [6.45, 7) is 3.50. The van der Waals surface area contributed by atoms with Crippen molar-refractivity contribution in [2.45, 2.75) is 20.0 Å². The van der Waals surface area contributed by atoms with Gasteiger partial charge in [-0.2, -0.15) is 5.10 Å². The molecule has 0 saturated carbocycles. The van der Waals surface area contributed by atoms with E-state index in [0.29, 0.717) is 31.4 Å². The van der Waals surface area contributed by atoms with Gasteiger partial charge in [-0.1, -0.05) is 0 Å². The summed E-state index contributed by atoms with van der Waals surface area (Å²) in [6, 6.07) is 3.59. The highest BCUT2D eigenvalue weighted by Crippen LogP contribution is 1.98. The van der Waals surface area contributed by atoms with Crippen molar-refractivity contribution in [3.8, 4) is 0 Å². The Bertz CT molecular complexity index is 633. The van der Waals surface area contributed by atoms with Crippen LogP contribution in [-0.4, -0.2) is 39.7 Å². The van der Waals surface area contributed by atoms with Gasteiger partial charge in [-0.05, 0) is 19.1 Å². The van der Waals surface area contributed by atoms with Crippen LogP contribution in [0, 0.1) is 0 Å². The average Bonchev–Trinajstić information content (AvgIpc) is 3.19. The minimum absolute atomic E-state index is 0.116. The molecule has 1 amide bonds. The van der Waals surface area contributed by atoms with Crippen molar-refractivity contribution in [1.82, 2.24) is 30.7 Å². The van der Waals surface area contributed by atoms with E-state index < -0.39 is 0 Å². The zero-order valence-electron chi connectivity index (χ0n) is 13.2. The van der Waals surface area contributed by atoms with E-state index in [9.17, 15) is 4.79 Å². The predicted octanol–water partition coefficient (Wildman–Crippen LogP) is -0.220. The smallest absolute Gasteiger partial charge is 0.239 e. The lowest BCUT2D eigenvalue weighted by atomic mass is 10.4. The molecule has 0 radical (unpaired) electrons. The third-order valence-electron chi connectivity index (χ3n) is 2.98. The van der Waals surface area contributed by atoms with Crippen LogP contribution >= 0.6 is 0 Å². The zero-order valence-corrected chi connectivity index (χ0v) is 13.2. The molecule has 2 aromatic heterocycles. The van der Waals surface area contributed by atoms with E-state index in [4.69, 9.17) is 4.42 Å². The maximum absolute atomic E-state index is 11.8. The molecule has 0 aliphatic heterocycles. The van der Waals surface area contributed by atoms with Crippen LogP contribution in [0.15, 0.2) is 34.1 Å². The number of hydrogen-bond acceptors (Lipinski definition) is 5. The molecule has 0 spiro atoms. The number of carbonyl (C=O) groups excluding carboxylic acids is 1. The second kappa shape index (κ2) is 8.57. The van der Waals surface area contributed by atoms with Crippen molar-refractivity contribution >= 4 is 11.9 Å². The van der Waals surface area contributed by atoms with Crippen LogP contribution in [0.1, 0.15) is 18.5 Å². The lowest BCUT2D eigenvalue weighted by Gasteiger charge is -2.11. The number of guanidine groups is 1. The van der Waals surface area contributed by atoms with Gasteiger partial charge in [0, 0.05) is 13.6 Å². The molecule has 0 saturated heterocycles. The molecular formula is C14H21N7O2. The summed E-state index contributed by atoms with van der Waals surface area (Å²) in [7, 11) is 1.81. The van der Waals surface area contributed by atoms with E-state index in [2.05, 4.69) is 31.0 Å². The van der Waals surface area contributed by atoms with Crippen LogP contribution in [0.25, 0.3) is 0 Å². The number of nitrogens with one attached hydrogen (secondary N) is 3. The Morgan fingerprint density at radius 2 is 2.26 bits per heavy atom. The van der Waals surface area contributed by atoms with Gasteiger partial charge in [0.15, 0.2) is 5.96 Å². The molecule has 0 unspecified atom stereocenters.